The van der Waals surface area contributed by atoms with Crippen molar-refractivity contribution < 1.29 is 0 Å². The molecule has 0 radical (unpaired) electrons. The Labute approximate surface area is 406 Å². The summed E-state index contributed by atoms with van der Waals surface area (Å²) in [5, 5.41) is 4.91. The first kappa shape index (κ1) is 38.1. The van der Waals surface area contributed by atoms with Crippen molar-refractivity contribution in [2.45, 2.75) is 10.8 Å². The number of hydrogen-bond donors (Lipinski definition) is 0. The lowest BCUT2D eigenvalue weighted by molar-refractivity contribution is 0.794. The van der Waals surface area contributed by atoms with E-state index >= 15 is 0 Å². The van der Waals surface area contributed by atoms with E-state index in [0.717, 1.165) is 16.8 Å². The van der Waals surface area contributed by atoms with E-state index in [2.05, 4.69) is 249 Å². The Morgan fingerprint density at radius 1 is 0.229 bits per heavy atom. The van der Waals surface area contributed by atoms with Crippen molar-refractivity contribution in [2.75, 3.05) is 0 Å². The fourth-order valence-corrected chi connectivity index (χ4v) is 14.0. The van der Waals surface area contributed by atoms with Crippen LogP contribution in [0.5, 0.6) is 0 Å². The number of pyridine rings is 1. The molecule has 70 heavy (non-hydrogen) atoms. The van der Waals surface area contributed by atoms with Crippen LogP contribution in [0.2, 0.25) is 0 Å². The van der Waals surface area contributed by atoms with Crippen LogP contribution < -0.4 is 0 Å². The van der Waals surface area contributed by atoms with Crippen molar-refractivity contribution >= 4 is 21.5 Å². The van der Waals surface area contributed by atoms with Gasteiger partial charge < -0.3 is 0 Å². The highest BCUT2D eigenvalue weighted by Gasteiger charge is 2.53. The van der Waals surface area contributed by atoms with Gasteiger partial charge in [0.25, 0.3) is 0 Å². The van der Waals surface area contributed by atoms with E-state index in [1.54, 1.807) is 0 Å². The first-order valence-electron chi connectivity index (χ1n) is 24.5. The van der Waals surface area contributed by atoms with Crippen molar-refractivity contribution in [1.82, 2.24) is 4.98 Å². The lowest BCUT2D eigenvalue weighted by Crippen LogP contribution is -2.25. The molecule has 0 unspecified atom stereocenters. The maximum Gasteiger partial charge on any atom is 0.0725 e. The predicted octanol–water partition coefficient (Wildman–Crippen LogP) is 17.1. The van der Waals surface area contributed by atoms with Crippen LogP contribution in [0.4, 0.5) is 0 Å². The van der Waals surface area contributed by atoms with Crippen molar-refractivity contribution in [3.63, 3.8) is 0 Å². The number of rotatable bonds is 3. The Balaban J connectivity index is 0.859. The van der Waals surface area contributed by atoms with E-state index in [1.807, 2.05) is 0 Å². The lowest BCUT2D eigenvalue weighted by Gasteiger charge is -2.31. The molecule has 2 spiro atoms. The highest BCUT2D eigenvalue weighted by atomic mass is 14.7. The first-order chi connectivity index (χ1) is 34.7. The van der Waals surface area contributed by atoms with Gasteiger partial charge in [0.05, 0.1) is 16.5 Å². The summed E-state index contributed by atoms with van der Waals surface area (Å²) < 4.78 is 0. The standard InChI is InChI=1S/C69H41N/c1-3-25-55-53(23-1)66(43-34-37-52-50-22-10-16-32-62(50)69(64(52)40-43)59-29-13-7-19-47(59)48-20-8-14-30-60(48)69)54-24-2-4-26-56(54)67(55)44-35-38-65(70-41-44)42-33-36-51-49-21-9-15-31-61(49)68(63(51)39-42)57-27-11-5-17-45(57)46-18-6-12-28-58(46)68/h1-41H. The number of fused-ring (bicyclic) bond motifs is 22. The monoisotopic (exact) mass is 883 g/mol. The second-order valence-electron chi connectivity index (χ2n) is 19.6. The number of hydrogen-bond acceptors (Lipinski definition) is 1. The third-order valence-corrected chi connectivity index (χ3v) is 16.6. The maximum atomic E-state index is 5.33. The molecule has 1 nitrogen and oxygen atoms in total. The average Bonchev–Trinajstić information content (AvgIpc) is 4.11. The molecule has 11 aromatic carbocycles. The Morgan fingerprint density at radius 2 is 0.514 bits per heavy atom. The van der Waals surface area contributed by atoms with Crippen molar-refractivity contribution in [1.29, 1.82) is 0 Å². The third kappa shape index (κ3) is 4.65. The summed E-state index contributed by atoms with van der Waals surface area (Å²) in [5.41, 5.74) is 27.4. The van der Waals surface area contributed by atoms with Crippen LogP contribution in [0.3, 0.4) is 0 Å². The number of aromatic nitrogens is 1. The Hall–Kier alpha value is -8.91. The quantitative estimate of drug-likeness (QED) is 0.161. The van der Waals surface area contributed by atoms with Gasteiger partial charge in [0.15, 0.2) is 0 Å². The molecule has 0 bridgehead atoms. The minimum absolute atomic E-state index is 0.399. The summed E-state index contributed by atoms with van der Waals surface area (Å²) in [5.74, 6) is 0. The van der Waals surface area contributed by atoms with E-state index in [-0.39, 0.29) is 0 Å². The van der Waals surface area contributed by atoms with Crippen molar-refractivity contribution in [3.8, 4) is 78.0 Å². The second-order valence-corrected chi connectivity index (χ2v) is 19.6. The van der Waals surface area contributed by atoms with Gasteiger partial charge in [0.2, 0.25) is 0 Å². The van der Waals surface area contributed by atoms with Gasteiger partial charge in [-0.1, -0.05) is 224 Å². The normalized spacial score (nSPS) is 14.2. The van der Waals surface area contributed by atoms with Gasteiger partial charge in [-0.15, -0.1) is 0 Å². The van der Waals surface area contributed by atoms with E-state index < -0.39 is 10.8 Å². The molecule has 4 aliphatic carbocycles. The SMILES string of the molecule is c1ccc2c(c1)-c1ccccc1C21c2ccccc2-c2ccc(-c3ccc(-c4c5ccccc5c(-c5ccc6c(c5)C5(c7ccccc7-c7ccccc75)c5ccccc5-6)c5ccccc45)cn3)cc21. The van der Waals surface area contributed by atoms with Crippen LogP contribution >= 0.6 is 0 Å². The molecule has 1 aromatic heterocycles. The Bertz CT molecular complexity index is 4060. The molecule has 0 atom stereocenters. The fraction of sp³-hybridized carbons (Fsp3) is 0.0290. The van der Waals surface area contributed by atoms with Crippen LogP contribution in [0.1, 0.15) is 44.5 Å². The number of benzene rings is 11. The van der Waals surface area contributed by atoms with Gasteiger partial charge in [-0.2, -0.15) is 0 Å². The third-order valence-electron chi connectivity index (χ3n) is 16.6. The van der Waals surface area contributed by atoms with Crippen LogP contribution in [0.25, 0.3) is 99.6 Å². The highest BCUT2D eigenvalue weighted by Crippen LogP contribution is 2.65. The fourth-order valence-electron chi connectivity index (χ4n) is 14.0. The molecule has 322 valence electrons. The van der Waals surface area contributed by atoms with Gasteiger partial charge in [-0.3, -0.25) is 4.98 Å². The zero-order chi connectivity index (χ0) is 45.7. The molecule has 4 aliphatic rings. The van der Waals surface area contributed by atoms with Crippen molar-refractivity contribution in [2.24, 2.45) is 0 Å². The molecule has 16 rings (SSSR count). The Morgan fingerprint density at radius 3 is 0.871 bits per heavy atom. The minimum atomic E-state index is -0.413. The first-order valence-corrected chi connectivity index (χ1v) is 24.5. The lowest BCUT2D eigenvalue weighted by atomic mass is 9.70. The summed E-state index contributed by atoms with van der Waals surface area (Å²) in [4.78, 5) is 5.33. The molecule has 12 aromatic rings. The Kier molecular flexibility index (Phi) is 7.54. The van der Waals surface area contributed by atoms with Gasteiger partial charge >= 0.3 is 0 Å². The molecule has 0 aliphatic heterocycles. The summed E-state index contributed by atoms with van der Waals surface area (Å²) in [6, 6.07) is 91.1. The molecule has 1 heterocycles. The molecule has 0 saturated heterocycles. The van der Waals surface area contributed by atoms with E-state index in [4.69, 9.17) is 4.98 Å². The molecule has 0 fully saturated rings. The largest absolute Gasteiger partial charge is 0.256 e. The van der Waals surface area contributed by atoms with Gasteiger partial charge in [0.1, 0.15) is 0 Å². The topological polar surface area (TPSA) is 12.9 Å². The second kappa shape index (κ2) is 13.8. The summed E-state index contributed by atoms with van der Waals surface area (Å²) >= 11 is 0. The van der Waals surface area contributed by atoms with Gasteiger partial charge in [-0.05, 0) is 145 Å². The van der Waals surface area contributed by atoms with E-state index in [1.165, 1.54) is 127 Å². The van der Waals surface area contributed by atoms with Crippen LogP contribution in [0.15, 0.2) is 249 Å². The summed E-state index contributed by atoms with van der Waals surface area (Å²) in [6.45, 7) is 0. The van der Waals surface area contributed by atoms with E-state index in [0.29, 0.717) is 0 Å². The minimum Gasteiger partial charge on any atom is -0.256 e. The smallest absolute Gasteiger partial charge is 0.0725 e. The maximum absolute atomic E-state index is 5.33. The zero-order valence-electron chi connectivity index (χ0n) is 38.1. The number of nitrogens with zero attached hydrogens (tertiary/aromatic N) is 1. The molecule has 0 N–H and O–H groups in total. The van der Waals surface area contributed by atoms with E-state index in [9.17, 15) is 0 Å². The van der Waals surface area contributed by atoms with Crippen LogP contribution in [0, 0.1) is 0 Å². The van der Waals surface area contributed by atoms with Crippen molar-refractivity contribution in [3.05, 3.63) is 293 Å². The predicted molar refractivity (Wildman–Crippen MR) is 288 cm³/mol. The average molecular weight is 884 g/mol. The zero-order valence-corrected chi connectivity index (χ0v) is 38.1. The molecular formula is C69H41N. The highest BCUT2D eigenvalue weighted by molar-refractivity contribution is 6.21. The van der Waals surface area contributed by atoms with Gasteiger partial charge in [0, 0.05) is 17.3 Å². The van der Waals surface area contributed by atoms with Crippen LogP contribution in [-0.2, 0) is 10.8 Å². The van der Waals surface area contributed by atoms with Crippen LogP contribution in [-0.4, -0.2) is 4.98 Å². The summed E-state index contributed by atoms with van der Waals surface area (Å²) in [6.07, 6.45) is 2.10. The summed E-state index contributed by atoms with van der Waals surface area (Å²) in [7, 11) is 0. The molecule has 0 amide bonds. The molecule has 0 saturated carbocycles. The molecular weight excluding hydrogens is 843 g/mol. The van der Waals surface area contributed by atoms with Gasteiger partial charge in [-0.25, -0.2) is 0 Å². The molecule has 1 heteroatoms.